The van der Waals surface area contributed by atoms with Crippen molar-refractivity contribution in [2.45, 2.75) is 33.3 Å². The topological polar surface area (TPSA) is 58.6 Å². The molecule has 0 saturated heterocycles. The van der Waals surface area contributed by atoms with Gasteiger partial charge in [0.05, 0.1) is 11.8 Å². The standard InChI is InChI=1S/C20H22F2N2O3/c1-13(2)27-19-7-5-4-6-18(19)24(14(3)25)11-10-20(26)23-15-8-9-16(21)17(22)12-15/h4-9,12-13H,10-11H2,1-3H3,(H,23,26). The van der Waals surface area contributed by atoms with Gasteiger partial charge in [0.25, 0.3) is 0 Å². The fourth-order valence-electron chi connectivity index (χ4n) is 2.49. The fourth-order valence-corrected chi connectivity index (χ4v) is 2.49. The van der Waals surface area contributed by atoms with Gasteiger partial charge >= 0.3 is 0 Å². The Morgan fingerprint density at radius 3 is 2.44 bits per heavy atom. The summed E-state index contributed by atoms with van der Waals surface area (Å²) in [6.45, 7) is 5.27. The fraction of sp³-hybridized carbons (Fsp3) is 0.300. The second-order valence-corrected chi connectivity index (χ2v) is 6.23. The molecule has 0 aliphatic rings. The number of anilines is 2. The number of para-hydroxylation sites is 2. The molecule has 0 aromatic heterocycles. The second-order valence-electron chi connectivity index (χ2n) is 6.23. The first-order valence-electron chi connectivity index (χ1n) is 8.56. The van der Waals surface area contributed by atoms with Crippen molar-refractivity contribution in [3.05, 3.63) is 54.1 Å². The maximum Gasteiger partial charge on any atom is 0.226 e. The molecule has 0 saturated carbocycles. The number of nitrogens with zero attached hydrogens (tertiary/aromatic N) is 1. The van der Waals surface area contributed by atoms with Crippen LogP contribution in [-0.2, 0) is 9.59 Å². The quantitative estimate of drug-likeness (QED) is 0.790. The maximum absolute atomic E-state index is 13.2. The Kier molecular flexibility index (Phi) is 6.87. The lowest BCUT2D eigenvalue weighted by Crippen LogP contribution is -2.32. The Labute approximate surface area is 156 Å². The van der Waals surface area contributed by atoms with E-state index in [2.05, 4.69) is 5.32 Å². The van der Waals surface area contributed by atoms with Crippen LogP contribution in [0.15, 0.2) is 42.5 Å². The van der Waals surface area contributed by atoms with E-state index in [1.54, 1.807) is 24.3 Å². The minimum absolute atomic E-state index is 0.0193. The van der Waals surface area contributed by atoms with Crippen molar-refractivity contribution in [3.8, 4) is 5.75 Å². The Bertz CT molecular complexity index is 825. The average Bonchev–Trinajstić information content (AvgIpc) is 2.59. The predicted octanol–water partition coefficient (Wildman–Crippen LogP) is 4.13. The normalized spacial score (nSPS) is 10.6. The van der Waals surface area contributed by atoms with Crippen molar-refractivity contribution in [1.82, 2.24) is 0 Å². The lowest BCUT2D eigenvalue weighted by atomic mass is 10.2. The third kappa shape index (κ3) is 5.77. The van der Waals surface area contributed by atoms with Gasteiger partial charge in [0, 0.05) is 31.6 Å². The van der Waals surface area contributed by atoms with E-state index in [4.69, 9.17) is 4.74 Å². The zero-order valence-electron chi connectivity index (χ0n) is 15.5. The molecule has 2 aromatic carbocycles. The highest BCUT2D eigenvalue weighted by Crippen LogP contribution is 2.29. The molecule has 0 fully saturated rings. The van der Waals surface area contributed by atoms with Gasteiger partial charge in [-0.05, 0) is 38.1 Å². The number of hydrogen-bond donors (Lipinski definition) is 1. The van der Waals surface area contributed by atoms with E-state index in [0.717, 1.165) is 12.1 Å². The number of amides is 2. The highest BCUT2D eigenvalue weighted by atomic mass is 19.2. The van der Waals surface area contributed by atoms with E-state index < -0.39 is 17.5 Å². The summed E-state index contributed by atoms with van der Waals surface area (Å²) in [6, 6.07) is 10.2. The van der Waals surface area contributed by atoms with Gasteiger partial charge in [0.2, 0.25) is 11.8 Å². The van der Waals surface area contributed by atoms with Crippen molar-refractivity contribution >= 4 is 23.2 Å². The molecule has 0 bridgehead atoms. The lowest BCUT2D eigenvalue weighted by Gasteiger charge is -2.24. The number of rotatable bonds is 7. The highest BCUT2D eigenvalue weighted by molar-refractivity contribution is 5.95. The first-order valence-corrected chi connectivity index (χ1v) is 8.56. The number of ether oxygens (including phenoxy) is 1. The monoisotopic (exact) mass is 376 g/mol. The number of carbonyl (C=O) groups excluding carboxylic acids is 2. The van der Waals surface area contributed by atoms with Gasteiger partial charge in [-0.1, -0.05) is 12.1 Å². The van der Waals surface area contributed by atoms with Crippen LogP contribution >= 0.6 is 0 Å². The summed E-state index contributed by atoms with van der Waals surface area (Å²) in [6.07, 6.45) is -0.0918. The molecule has 1 N–H and O–H groups in total. The summed E-state index contributed by atoms with van der Waals surface area (Å²) in [4.78, 5) is 25.7. The number of carbonyl (C=O) groups is 2. The number of nitrogens with one attached hydrogen (secondary N) is 1. The van der Waals surface area contributed by atoms with E-state index in [9.17, 15) is 18.4 Å². The molecular weight excluding hydrogens is 354 g/mol. The van der Waals surface area contributed by atoms with Crippen LogP contribution in [-0.4, -0.2) is 24.5 Å². The summed E-state index contributed by atoms with van der Waals surface area (Å²) in [5, 5.41) is 2.49. The summed E-state index contributed by atoms with van der Waals surface area (Å²) in [5.41, 5.74) is 0.719. The van der Waals surface area contributed by atoms with Gasteiger partial charge in [-0.3, -0.25) is 9.59 Å². The molecule has 0 spiro atoms. The first-order chi connectivity index (χ1) is 12.8. The molecule has 5 nitrogen and oxygen atoms in total. The van der Waals surface area contributed by atoms with Gasteiger partial charge in [-0.25, -0.2) is 8.78 Å². The van der Waals surface area contributed by atoms with Crippen LogP contribution in [0, 0.1) is 11.6 Å². The van der Waals surface area contributed by atoms with Gasteiger partial charge < -0.3 is 15.0 Å². The molecule has 0 atom stereocenters. The van der Waals surface area contributed by atoms with Crippen molar-refractivity contribution in [3.63, 3.8) is 0 Å². The summed E-state index contributed by atoms with van der Waals surface area (Å²) in [5.74, 6) is -2.15. The van der Waals surface area contributed by atoms with E-state index >= 15 is 0 Å². The van der Waals surface area contributed by atoms with E-state index in [-0.39, 0.29) is 30.7 Å². The maximum atomic E-state index is 13.2. The van der Waals surface area contributed by atoms with Crippen molar-refractivity contribution < 1.29 is 23.1 Å². The molecule has 2 amide bonds. The van der Waals surface area contributed by atoms with Gasteiger partial charge in [0.1, 0.15) is 5.75 Å². The minimum atomic E-state index is -1.04. The Morgan fingerprint density at radius 2 is 1.81 bits per heavy atom. The third-order valence-electron chi connectivity index (χ3n) is 3.66. The molecule has 27 heavy (non-hydrogen) atoms. The summed E-state index contributed by atoms with van der Waals surface area (Å²) < 4.78 is 31.9. The van der Waals surface area contributed by atoms with Crippen LogP contribution in [0.5, 0.6) is 5.75 Å². The molecule has 7 heteroatoms. The largest absolute Gasteiger partial charge is 0.489 e. The molecule has 0 aliphatic carbocycles. The van der Waals surface area contributed by atoms with Crippen LogP contribution in [0.2, 0.25) is 0 Å². The van der Waals surface area contributed by atoms with Crippen molar-refractivity contribution in [2.24, 2.45) is 0 Å². The minimum Gasteiger partial charge on any atom is -0.489 e. The van der Waals surface area contributed by atoms with Crippen molar-refractivity contribution in [1.29, 1.82) is 0 Å². The number of benzene rings is 2. The average molecular weight is 376 g/mol. The van der Waals surface area contributed by atoms with Crippen LogP contribution < -0.4 is 15.0 Å². The zero-order valence-corrected chi connectivity index (χ0v) is 15.5. The van der Waals surface area contributed by atoms with Gasteiger partial charge in [-0.2, -0.15) is 0 Å². The first kappa shape index (κ1) is 20.4. The Balaban J connectivity index is 2.07. The smallest absolute Gasteiger partial charge is 0.226 e. The van der Waals surface area contributed by atoms with Crippen LogP contribution in [0.3, 0.4) is 0 Å². The Hall–Kier alpha value is -2.96. The summed E-state index contributed by atoms with van der Waals surface area (Å²) >= 11 is 0. The number of hydrogen-bond acceptors (Lipinski definition) is 3. The Morgan fingerprint density at radius 1 is 1.11 bits per heavy atom. The van der Waals surface area contributed by atoms with E-state index in [0.29, 0.717) is 11.4 Å². The zero-order chi connectivity index (χ0) is 20.0. The third-order valence-corrected chi connectivity index (χ3v) is 3.66. The molecule has 0 radical (unpaired) electrons. The molecule has 0 aliphatic heterocycles. The number of halogens is 2. The van der Waals surface area contributed by atoms with Crippen LogP contribution in [0.1, 0.15) is 27.2 Å². The molecule has 2 rings (SSSR count). The molecule has 144 valence electrons. The molecule has 0 unspecified atom stereocenters. The molecule has 0 heterocycles. The second kappa shape index (κ2) is 9.12. The van der Waals surface area contributed by atoms with Gasteiger partial charge in [0.15, 0.2) is 11.6 Å². The van der Waals surface area contributed by atoms with E-state index in [1.807, 2.05) is 13.8 Å². The summed E-state index contributed by atoms with van der Waals surface area (Å²) in [7, 11) is 0. The van der Waals surface area contributed by atoms with E-state index in [1.165, 1.54) is 17.9 Å². The van der Waals surface area contributed by atoms with Crippen LogP contribution in [0.25, 0.3) is 0 Å². The van der Waals surface area contributed by atoms with Crippen molar-refractivity contribution in [2.75, 3.05) is 16.8 Å². The van der Waals surface area contributed by atoms with Gasteiger partial charge in [-0.15, -0.1) is 0 Å². The van der Waals surface area contributed by atoms with Crippen LogP contribution in [0.4, 0.5) is 20.2 Å². The highest BCUT2D eigenvalue weighted by Gasteiger charge is 2.18. The molecule has 2 aromatic rings. The lowest BCUT2D eigenvalue weighted by molar-refractivity contribution is -0.117. The molecular formula is C20H22F2N2O3. The predicted molar refractivity (Wildman–Crippen MR) is 99.8 cm³/mol. The SMILES string of the molecule is CC(=O)N(CCC(=O)Nc1ccc(F)c(F)c1)c1ccccc1OC(C)C.